The molecule has 0 heterocycles. The van der Waals surface area contributed by atoms with E-state index in [2.05, 4.69) is 55.5 Å². The van der Waals surface area contributed by atoms with Crippen molar-refractivity contribution in [2.45, 2.75) is 25.3 Å². The van der Waals surface area contributed by atoms with Crippen LogP contribution in [0.1, 0.15) is 24.5 Å². The average molecular weight is 225 g/mol. The second-order valence-corrected chi connectivity index (χ2v) is 4.54. The highest BCUT2D eigenvalue weighted by atomic mass is 14.7. The van der Waals surface area contributed by atoms with Crippen LogP contribution >= 0.6 is 0 Å². The summed E-state index contributed by atoms with van der Waals surface area (Å²) in [5, 5.41) is 0. The zero-order chi connectivity index (χ0) is 12.1. The molecule has 1 heteroatoms. The van der Waals surface area contributed by atoms with E-state index in [1.54, 1.807) is 0 Å². The van der Waals surface area contributed by atoms with Gasteiger partial charge in [0.05, 0.1) is 0 Å². The zero-order valence-corrected chi connectivity index (χ0v) is 10.3. The van der Waals surface area contributed by atoms with Crippen molar-refractivity contribution < 1.29 is 0 Å². The second kappa shape index (κ2) is 5.15. The molecule has 1 atom stereocenters. The summed E-state index contributed by atoms with van der Waals surface area (Å²) in [7, 11) is 0. The first-order valence-corrected chi connectivity index (χ1v) is 6.13. The summed E-state index contributed by atoms with van der Waals surface area (Å²) in [6.45, 7) is 2.15. The van der Waals surface area contributed by atoms with Gasteiger partial charge in [-0.15, -0.1) is 0 Å². The predicted molar refractivity (Wildman–Crippen MR) is 72.7 cm³/mol. The first-order valence-electron chi connectivity index (χ1n) is 6.13. The molecule has 88 valence electrons. The molecule has 0 saturated heterocycles. The highest BCUT2D eigenvalue weighted by Crippen LogP contribution is 2.26. The molecule has 0 bridgehead atoms. The maximum atomic E-state index is 6.55. The van der Waals surface area contributed by atoms with E-state index in [-0.39, 0.29) is 5.54 Å². The molecule has 2 rings (SSSR count). The van der Waals surface area contributed by atoms with Crippen molar-refractivity contribution in [3.63, 3.8) is 0 Å². The topological polar surface area (TPSA) is 26.0 Å². The molecule has 0 radical (unpaired) electrons. The molecule has 0 saturated carbocycles. The van der Waals surface area contributed by atoms with Crippen molar-refractivity contribution in [2.24, 2.45) is 5.73 Å². The molecule has 0 fully saturated rings. The Bertz CT molecular complexity index is 449. The zero-order valence-electron chi connectivity index (χ0n) is 10.3. The lowest BCUT2D eigenvalue weighted by Gasteiger charge is -2.29. The SMILES string of the molecule is CCC(N)(Cc1ccccc1)c1ccccc1. The fraction of sp³-hybridized carbons (Fsp3) is 0.250. The van der Waals surface area contributed by atoms with E-state index in [4.69, 9.17) is 5.73 Å². The van der Waals surface area contributed by atoms with Gasteiger partial charge in [0.15, 0.2) is 0 Å². The van der Waals surface area contributed by atoms with E-state index < -0.39 is 0 Å². The molecule has 2 N–H and O–H groups in total. The molecule has 2 aromatic carbocycles. The van der Waals surface area contributed by atoms with E-state index in [1.807, 2.05) is 12.1 Å². The van der Waals surface area contributed by atoms with Crippen LogP contribution in [-0.2, 0) is 12.0 Å². The quantitative estimate of drug-likeness (QED) is 0.846. The normalized spacial score (nSPS) is 14.2. The third-order valence-corrected chi connectivity index (χ3v) is 3.34. The number of rotatable bonds is 4. The summed E-state index contributed by atoms with van der Waals surface area (Å²) in [4.78, 5) is 0. The van der Waals surface area contributed by atoms with E-state index >= 15 is 0 Å². The van der Waals surface area contributed by atoms with Gasteiger partial charge in [-0.2, -0.15) is 0 Å². The maximum absolute atomic E-state index is 6.55. The molecule has 1 nitrogen and oxygen atoms in total. The van der Waals surface area contributed by atoms with E-state index in [9.17, 15) is 0 Å². The van der Waals surface area contributed by atoms with Crippen LogP contribution in [-0.4, -0.2) is 0 Å². The van der Waals surface area contributed by atoms with Crippen LogP contribution in [0.25, 0.3) is 0 Å². The largest absolute Gasteiger partial charge is 0.321 e. The summed E-state index contributed by atoms with van der Waals surface area (Å²) < 4.78 is 0. The lowest BCUT2D eigenvalue weighted by Crippen LogP contribution is -2.38. The van der Waals surface area contributed by atoms with Crippen LogP contribution in [0.5, 0.6) is 0 Å². The number of benzene rings is 2. The Morgan fingerprint density at radius 1 is 0.882 bits per heavy atom. The Balaban J connectivity index is 2.27. The van der Waals surface area contributed by atoms with Crippen molar-refractivity contribution >= 4 is 0 Å². The van der Waals surface area contributed by atoms with Gasteiger partial charge in [-0.25, -0.2) is 0 Å². The van der Waals surface area contributed by atoms with Gasteiger partial charge in [0.2, 0.25) is 0 Å². The molecular weight excluding hydrogens is 206 g/mol. The highest BCUT2D eigenvalue weighted by Gasteiger charge is 2.25. The molecule has 2 aromatic rings. The summed E-state index contributed by atoms with van der Waals surface area (Å²) in [5.74, 6) is 0. The number of hydrogen-bond donors (Lipinski definition) is 1. The fourth-order valence-electron chi connectivity index (χ4n) is 2.16. The molecule has 0 aliphatic rings. The van der Waals surface area contributed by atoms with Crippen molar-refractivity contribution in [3.05, 3.63) is 71.8 Å². The third kappa shape index (κ3) is 2.75. The lowest BCUT2D eigenvalue weighted by molar-refractivity contribution is 0.425. The summed E-state index contributed by atoms with van der Waals surface area (Å²) in [6.07, 6.45) is 1.82. The van der Waals surface area contributed by atoms with Crippen molar-refractivity contribution in [2.75, 3.05) is 0 Å². The van der Waals surface area contributed by atoms with Crippen LogP contribution in [0.15, 0.2) is 60.7 Å². The van der Waals surface area contributed by atoms with E-state index in [0.717, 1.165) is 12.8 Å². The van der Waals surface area contributed by atoms with Gasteiger partial charge in [0, 0.05) is 5.54 Å². The van der Waals surface area contributed by atoms with Gasteiger partial charge in [-0.1, -0.05) is 67.6 Å². The standard InChI is InChI=1S/C16H19N/c1-2-16(17,15-11-7-4-8-12-15)13-14-9-5-3-6-10-14/h3-12H,2,13,17H2,1H3. The summed E-state index contributed by atoms with van der Waals surface area (Å²) in [6, 6.07) is 20.8. The molecule has 0 aliphatic carbocycles. The second-order valence-electron chi connectivity index (χ2n) is 4.54. The monoisotopic (exact) mass is 225 g/mol. The molecule has 0 aliphatic heterocycles. The Hall–Kier alpha value is -1.60. The number of nitrogens with two attached hydrogens (primary N) is 1. The van der Waals surface area contributed by atoms with Gasteiger partial charge in [0.1, 0.15) is 0 Å². The van der Waals surface area contributed by atoms with Crippen molar-refractivity contribution in [3.8, 4) is 0 Å². The van der Waals surface area contributed by atoms with Gasteiger partial charge < -0.3 is 5.73 Å². The first kappa shape index (κ1) is 11.9. The fourth-order valence-corrected chi connectivity index (χ4v) is 2.16. The minimum Gasteiger partial charge on any atom is -0.321 e. The highest BCUT2D eigenvalue weighted by molar-refractivity contribution is 5.28. The molecule has 0 amide bonds. The van der Waals surface area contributed by atoms with Crippen LogP contribution in [0.2, 0.25) is 0 Å². The van der Waals surface area contributed by atoms with E-state index in [0.29, 0.717) is 0 Å². The molecule has 17 heavy (non-hydrogen) atoms. The first-order chi connectivity index (χ1) is 8.24. The van der Waals surface area contributed by atoms with Crippen LogP contribution < -0.4 is 5.73 Å². The van der Waals surface area contributed by atoms with Crippen LogP contribution in [0.4, 0.5) is 0 Å². The van der Waals surface area contributed by atoms with Gasteiger partial charge in [-0.3, -0.25) is 0 Å². The number of hydrogen-bond acceptors (Lipinski definition) is 1. The van der Waals surface area contributed by atoms with Gasteiger partial charge in [0.25, 0.3) is 0 Å². The van der Waals surface area contributed by atoms with Crippen LogP contribution in [0.3, 0.4) is 0 Å². The molecule has 0 spiro atoms. The predicted octanol–water partition coefficient (Wildman–Crippen LogP) is 3.49. The third-order valence-electron chi connectivity index (χ3n) is 3.34. The Morgan fingerprint density at radius 3 is 1.94 bits per heavy atom. The van der Waals surface area contributed by atoms with Crippen LogP contribution in [0, 0.1) is 0 Å². The van der Waals surface area contributed by atoms with Gasteiger partial charge >= 0.3 is 0 Å². The molecule has 1 unspecified atom stereocenters. The minimum absolute atomic E-state index is 0.261. The van der Waals surface area contributed by atoms with Gasteiger partial charge in [-0.05, 0) is 24.0 Å². The van der Waals surface area contributed by atoms with Crippen molar-refractivity contribution in [1.82, 2.24) is 0 Å². The Kier molecular flexibility index (Phi) is 3.60. The Labute approximate surface area is 103 Å². The Morgan fingerprint density at radius 2 is 1.41 bits per heavy atom. The molecular formula is C16H19N. The maximum Gasteiger partial charge on any atom is 0.0447 e. The smallest absolute Gasteiger partial charge is 0.0447 e. The minimum atomic E-state index is -0.261. The van der Waals surface area contributed by atoms with Crippen molar-refractivity contribution in [1.29, 1.82) is 0 Å². The summed E-state index contributed by atoms with van der Waals surface area (Å²) >= 11 is 0. The lowest BCUT2D eigenvalue weighted by atomic mass is 9.83. The summed E-state index contributed by atoms with van der Waals surface area (Å²) in [5.41, 5.74) is 8.80. The van der Waals surface area contributed by atoms with E-state index in [1.165, 1.54) is 11.1 Å². The average Bonchev–Trinajstić information content (AvgIpc) is 2.41. The molecule has 0 aromatic heterocycles.